The van der Waals surface area contributed by atoms with Crippen molar-refractivity contribution in [2.24, 2.45) is 5.41 Å². The molecule has 3 nitrogen and oxygen atoms in total. The van der Waals surface area contributed by atoms with Crippen LogP contribution in [-0.2, 0) is 14.9 Å². The number of carbonyl (C=O) groups is 1. The third-order valence-corrected chi connectivity index (χ3v) is 5.35. The molecule has 0 amide bonds. The monoisotopic (exact) mass is 260 g/mol. The molecule has 1 aliphatic heterocycles. The van der Waals surface area contributed by atoms with E-state index in [4.69, 9.17) is 4.74 Å². The number of rotatable bonds is 3. The second kappa shape index (κ2) is 3.83. The molecule has 1 saturated heterocycles. The van der Waals surface area contributed by atoms with Gasteiger partial charge in [-0.05, 0) is 55.9 Å². The molecule has 1 aliphatic carbocycles. The number of hydrogen-bond donors (Lipinski definition) is 1. The standard InChI is InChI=1S/C16H20O3/c1-10-4-5-13(12(3)11(10)2)16(8-19-9-16)15(6-7-15)14(17)18/h4-5H,6-9H2,1-3H3,(H,17,18). The fraction of sp³-hybridized carbons (Fsp3) is 0.562. The Labute approximate surface area is 113 Å². The molecule has 1 saturated carbocycles. The van der Waals surface area contributed by atoms with Crippen LogP contribution >= 0.6 is 0 Å². The Morgan fingerprint density at radius 2 is 1.79 bits per heavy atom. The molecule has 1 aromatic rings. The van der Waals surface area contributed by atoms with Gasteiger partial charge in [0.15, 0.2) is 0 Å². The van der Waals surface area contributed by atoms with E-state index in [1.165, 1.54) is 22.3 Å². The highest BCUT2D eigenvalue weighted by Gasteiger charge is 2.68. The van der Waals surface area contributed by atoms with Gasteiger partial charge in [0.2, 0.25) is 0 Å². The third kappa shape index (κ3) is 1.45. The summed E-state index contributed by atoms with van der Waals surface area (Å²) < 4.78 is 5.43. The molecule has 0 radical (unpaired) electrons. The molecule has 0 aromatic heterocycles. The number of benzene rings is 1. The Balaban J connectivity index is 2.14. The average molecular weight is 260 g/mol. The summed E-state index contributed by atoms with van der Waals surface area (Å²) in [4.78, 5) is 11.7. The predicted molar refractivity (Wildman–Crippen MR) is 72.5 cm³/mol. The summed E-state index contributed by atoms with van der Waals surface area (Å²) in [5.74, 6) is -0.659. The van der Waals surface area contributed by atoms with E-state index in [1.54, 1.807) is 0 Å². The maximum absolute atomic E-state index is 11.7. The van der Waals surface area contributed by atoms with E-state index in [-0.39, 0.29) is 5.41 Å². The lowest BCUT2D eigenvalue weighted by atomic mass is 9.64. The Bertz CT molecular complexity index is 551. The van der Waals surface area contributed by atoms with Gasteiger partial charge in [-0.15, -0.1) is 0 Å². The molecule has 2 aliphatic rings. The van der Waals surface area contributed by atoms with E-state index < -0.39 is 11.4 Å². The lowest BCUT2D eigenvalue weighted by molar-refractivity contribution is -0.161. The Hall–Kier alpha value is -1.35. The number of ether oxygens (including phenoxy) is 1. The zero-order chi connectivity index (χ0) is 13.8. The molecule has 0 bridgehead atoms. The third-order valence-electron chi connectivity index (χ3n) is 5.35. The van der Waals surface area contributed by atoms with Gasteiger partial charge in [0.25, 0.3) is 0 Å². The SMILES string of the molecule is Cc1ccc(C2(C3(C(=O)O)CC3)COC2)c(C)c1C. The summed E-state index contributed by atoms with van der Waals surface area (Å²) in [6, 6.07) is 4.22. The van der Waals surface area contributed by atoms with Gasteiger partial charge >= 0.3 is 5.97 Å². The minimum atomic E-state index is -0.659. The van der Waals surface area contributed by atoms with Crippen LogP contribution in [0.25, 0.3) is 0 Å². The van der Waals surface area contributed by atoms with Crippen molar-refractivity contribution in [2.75, 3.05) is 13.2 Å². The van der Waals surface area contributed by atoms with E-state index in [2.05, 4.69) is 32.9 Å². The first kappa shape index (κ1) is 12.7. The maximum atomic E-state index is 11.7. The van der Waals surface area contributed by atoms with E-state index in [1.807, 2.05) is 0 Å². The summed E-state index contributed by atoms with van der Waals surface area (Å²) in [6.45, 7) is 7.41. The van der Waals surface area contributed by atoms with Crippen molar-refractivity contribution in [3.63, 3.8) is 0 Å². The molecule has 2 fully saturated rings. The van der Waals surface area contributed by atoms with Gasteiger partial charge in [0, 0.05) is 0 Å². The van der Waals surface area contributed by atoms with Gasteiger partial charge in [0.1, 0.15) is 0 Å². The van der Waals surface area contributed by atoms with Gasteiger partial charge in [-0.2, -0.15) is 0 Å². The Kier molecular flexibility index (Phi) is 2.55. The molecule has 3 rings (SSSR count). The number of aliphatic carboxylic acids is 1. The van der Waals surface area contributed by atoms with Gasteiger partial charge in [-0.25, -0.2) is 0 Å². The summed E-state index contributed by atoms with van der Waals surface area (Å²) in [6.07, 6.45) is 1.55. The highest BCUT2D eigenvalue weighted by molar-refractivity contribution is 5.81. The lowest BCUT2D eigenvalue weighted by Gasteiger charge is -2.47. The summed E-state index contributed by atoms with van der Waals surface area (Å²) >= 11 is 0. The second-order valence-corrected chi connectivity index (χ2v) is 6.14. The van der Waals surface area contributed by atoms with Crippen LogP contribution in [0.2, 0.25) is 0 Å². The average Bonchev–Trinajstić information content (AvgIpc) is 3.09. The van der Waals surface area contributed by atoms with E-state index >= 15 is 0 Å². The highest BCUT2D eigenvalue weighted by atomic mass is 16.5. The molecular formula is C16H20O3. The van der Waals surface area contributed by atoms with E-state index in [9.17, 15) is 9.90 Å². The van der Waals surface area contributed by atoms with Gasteiger partial charge in [-0.3, -0.25) is 4.79 Å². The summed E-state index contributed by atoms with van der Waals surface area (Å²) in [5, 5.41) is 9.62. The normalized spacial score (nSPS) is 22.7. The van der Waals surface area contributed by atoms with Crippen LogP contribution in [-0.4, -0.2) is 24.3 Å². The zero-order valence-corrected chi connectivity index (χ0v) is 11.7. The fourth-order valence-electron chi connectivity index (χ4n) is 3.49. The highest BCUT2D eigenvalue weighted by Crippen LogP contribution is 2.63. The minimum absolute atomic E-state index is 0.304. The van der Waals surface area contributed by atoms with Crippen molar-refractivity contribution in [1.29, 1.82) is 0 Å². The largest absolute Gasteiger partial charge is 0.481 e. The first-order valence-corrected chi connectivity index (χ1v) is 6.83. The number of aryl methyl sites for hydroxylation is 1. The van der Waals surface area contributed by atoms with Crippen molar-refractivity contribution < 1.29 is 14.6 Å². The van der Waals surface area contributed by atoms with Crippen LogP contribution in [0.3, 0.4) is 0 Å². The number of carboxylic acids is 1. The second-order valence-electron chi connectivity index (χ2n) is 6.14. The van der Waals surface area contributed by atoms with Crippen LogP contribution in [0.4, 0.5) is 0 Å². The summed E-state index contributed by atoms with van der Waals surface area (Å²) in [5.41, 5.74) is 4.05. The first-order valence-electron chi connectivity index (χ1n) is 6.83. The van der Waals surface area contributed by atoms with Crippen molar-refractivity contribution in [1.82, 2.24) is 0 Å². The molecule has 1 heterocycles. The molecule has 19 heavy (non-hydrogen) atoms. The van der Waals surface area contributed by atoms with Crippen LogP contribution in [0.15, 0.2) is 12.1 Å². The zero-order valence-electron chi connectivity index (χ0n) is 11.7. The molecule has 102 valence electrons. The lowest BCUT2D eigenvalue weighted by Crippen LogP contribution is -2.56. The molecule has 1 aromatic carbocycles. The molecule has 0 atom stereocenters. The van der Waals surface area contributed by atoms with Gasteiger partial charge in [-0.1, -0.05) is 12.1 Å². The summed E-state index contributed by atoms with van der Waals surface area (Å²) in [7, 11) is 0. The van der Waals surface area contributed by atoms with E-state index in [0.717, 1.165) is 12.8 Å². The predicted octanol–water partition coefficient (Wildman–Crippen LogP) is 2.74. The van der Waals surface area contributed by atoms with Crippen molar-refractivity contribution in [3.8, 4) is 0 Å². The van der Waals surface area contributed by atoms with Crippen molar-refractivity contribution in [3.05, 3.63) is 34.4 Å². The van der Waals surface area contributed by atoms with Crippen LogP contribution < -0.4 is 0 Å². The first-order chi connectivity index (χ1) is 8.94. The molecule has 3 heteroatoms. The van der Waals surface area contributed by atoms with Crippen LogP contribution in [0.5, 0.6) is 0 Å². The molecule has 0 spiro atoms. The molecule has 1 N–H and O–H groups in total. The van der Waals surface area contributed by atoms with Crippen molar-refractivity contribution in [2.45, 2.75) is 39.0 Å². The van der Waals surface area contributed by atoms with E-state index in [0.29, 0.717) is 13.2 Å². The van der Waals surface area contributed by atoms with Gasteiger partial charge < -0.3 is 9.84 Å². The molecule has 0 unspecified atom stereocenters. The smallest absolute Gasteiger partial charge is 0.310 e. The number of hydrogen-bond acceptors (Lipinski definition) is 2. The van der Waals surface area contributed by atoms with Crippen LogP contribution in [0, 0.1) is 26.2 Å². The maximum Gasteiger partial charge on any atom is 0.310 e. The quantitative estimate of drug-likeness (QED) is 0.909. The Morgan fingerprint density at radius 3 is 2.21 bits per heavy atom. The minimum Gasteiger partial charge on any atom is -0.481 e. The van der Waals surface area contributed by atoms with Crippen molar-refractivity contribution >= 4 is 5.97 Å². The van der Waals surface area contributed by atoms with Crippen LogP contribution in [0.1, 0.15) is 35.1 Å². The molecular weight excluding hydrogens is 240 g/mol. The fourth-order valence-corrected chi connectivity index (χ4v) is 3.49. The number of carboxylic acid groups (broad SMARTS) is 1. The topological polar surface area (TPSA) is 46.5 Å². The Morgan fingerprint density at radius 1 is 1.16 bits per heavy atom. The van der Waals surface area contributed by atoms with Gasteiger partial charge in [0.05, 0.1) is 24.0 Å².